The van der Waals surface area contributed by atoms with E-state index in [1.165, 1.54) is 0 Å². The second-order valence-electron chi connectivity index (χ2n) is 11.3. The van der Waals surface area contributed by atoms with Gasteiger partial charge in [-0.3, -0.25) is 10.1 Å². The Bertz CT molecular complexity index is 1720. The normalized spacial score (nSPS) is 14.0. The fraction of sp³-hybridized carbons (Fsp3) is 0.150. The summed E-state index contributed by atoms with van der Waals surface area (Å²) in [7, 11) is 0. The fourth-order valence-corrected chi connectivity index (χ4v) is 6.28. The molecule has 0 saturated heterocycles. The Morgan fingerprint density at radius 2 is 1.18 bits per heavy atom. The van der Waals surface area contributed by atoms with Crippen molar-refractivity contribution in [2.45, 2.75) is 37.1 Å². The van der Waals surface area contributed by atoms with Crippen molar-refractivity contribution in [2.24, 2.45) is 0 Å². The van der Waals surface area contributed by atoms with Crippen LogP contribution in [0.15, 0.2) is 152 Å². The molecule has 0 heterocycles. The smallest absolute Gasteiger partial charge is 0.329 e. The number of esters is 1. The molecule has 6 rings (SSSR count). The Balaban J connectivity index is 1.34. The highest BCUT2D eigenvalue weighted by molar-refractivity contribution is 5.89. The summed E-state index contributed by atoms with van der Waals surface area (Å²) in [6.45, 7) is 4.10. The van der Waals surface area contributed by atoms with Gasteiger partial charge in [0, 0.05) is 6.42 Å². The maximum atomic E-state index is 14.3. The number of fused-ring (bicyclic) bond motifs is 3. The molecule has 2 atom stereocenters. The van der Waals surface area contributed by atoms with Gasteiger partial charge in [0.25, 0.3) is 0 Å². The molecule has 224 valence electrons. The number of carbonyl (C=O) groups excluding carboxylic acids is 2. The van der Waals surface area contributed by atoms with Crippen LogP contribution in [0, 0.1) is 0 Å². The third kappa shape index (κ3) is 6.21. The van der Waals surface area contributed by atoms with Crippen LogP contribution < -0.4 is 10.6 Å². The first-order chi connectivity index (χ1) is 22.1. The van der Waals surface area contributed by atoms with Crippen LogP contribution in [0.25, 0.3) is 11.1 Å². The minimum atomic E-state index is -0.881. The van der Waals surface area contributed by atoms with Gasteiger partial charge >= 0.3 is 5.97 Å². The molecule has 0 radical (unpaired) electrons. The van der Waals surface area contributed by atoms with Crippen molar-refractivity contribution < 1.29 is 14.3 Å². The first-order valence-electron chi connectivity index (χ1n) is 15.3. The van der Waals surface area contributed by atoms with E-state index in [0.717, 1.165) is 38.9 Å². The van der Waals surface area contributed by atoms with E-state index < -0.39 is 23.6 Å². The number of carbonyl (C=O) groups is 2. The molecule has 5 nitrogen and oxygen atoms in total. The summed E-state index contributed by atoms with van der Waals surface area (Å²) in [5.74, 6) is -0.785. The van der Waals surface area contributed by atoms with Gasteiger partial charge in [0.15, 0.2) is 0 Å². The summed E-state index contributed by atoms with van der Waals surface area (Å²) >= 11 is 0. The number of amides is 1. The molecule has 0 fully saturated rings. The van der Waals surface area contributed by atoms with E-state index in [9.17, 15) is 9.59 Å². The molecule has 0 spiro atoms. The predicted octanol–water partition coefficient (Wildman–Crippen LogP) is 6.96. The highest BCUT2D eigenvalue weighted by Crippen LogP contribution is 2.51. The maximum absolute atomic E-state index is 14.3. The van der Waals surface area contributed by atoms with Crippen molar-refractivity contribution in [3.8, 4) is 11.1 Å². The molecule has 2 N–H and O–H groups in total. The molecule has 5 aromatic rings. The van der Waals surface area contributed by atoms with E-state index in [0.29, 0.717) is 12.8 Å². The summed E-state index contributed by atoms with van der Waals surface area (Å²) < 4.78 is 5.72. The Labute approximate surface area is 264 Å². The van der Waals surface area contributed by atoms with Gasteiger partial charge in [0.2, 0.25) is 5.91 Å². The molecule has 1 aliphatic carbocycles. The lowest BCUT2D eigenvalue weighted by atomic mass is 9.79. The maximum Gasteiger partial charge on any atom is 0.329 e. The van der Waals surface area contributed by atoms with E-state index in [4.69, 9.17) is 4.74 Å². The second kappa shape index (κ2) is 13.6. The largest absolute Gasteiger partial charge is 0.459 e. The monoisotopic (exact) mass is 592 g/mol. The fourth-order valence-electron chi connectivity index (χ4n) is 6.28. The molecule has 1 unspecified atom stereocenters. The van der Waals surface area contributed by atoms with E-state index in [1.54, 1.807) is 6.08 Å². The molecule has 0 aromatic heterocycles. The summed E-state index contributed by atoms with van der Waals surface area (Å²) in [4.78, 5) is 27.8. The molecule has 0 saturated carbocycles. The Morgan fingerprint density at radius 1 is 0.667 bits per heavy atom. The van der Waals surface area contributed by atoms with Crippen LogP contribution in [-0.4, -0.2) is 24.0 Å². The number of hydrogen-bond acceptors (Lipinski definition) is 4. The zero-order chi connectivity index (χ0) is 31.1. The van der Waals surface area contributed by atoms with Crippen LogP contribution in [0.3, 0.4) is 0 Å². The zero-order valence-corrected chi connectivity index (χ0v) is 25.1. The molecule has 1 aliphatic rings. The molecule has 0 bridgehead atoms. The lowest BCUT2D eigenvalue weighted by Crippen LogP contribution is -2.56. The molecule has 5 aromatic carbocycles. The van der Waals surface area contributed by atoms with E-state index in [2.05, 4.69) is 53.6 Å². The van der Waals surface area contributed by atoms with Gasteiger partial charge in [-0.2, -0.15) is 0 Å². The highest BCUT2D eigenvalue weighted by atomic mass is 16.5. The summed E-state index contributed by atoms with van der Waals surface area (Å²) in [6, 6.07) is 44.5. The molecular weight excluding hydrogens is 556 g/mol. The lowest BCUT2D eigenvalue weighted by molar-refractivity contribution is -0.149. The average Bonchev–Trinajstić information content (AvgIpc) is 3.38. The van der Waals surface area contributed by atoms with Gasteiger partial charge in [-0.05, 0) is 45.4 Å². The topological polar surface area (TPSA) is 67.4 Å². The first kappa shape index (κ1) is 29.8. The van der Waals surface area contributed by atoms with Crippen LogP contribution in [0.1, 0.15) is 34.2 Å². The summed E-state index contributed by atoms with van der Waals surface area (Å²) in [5.41, 5.74) is 6.40. The van der Waals surface area contributed by atoms with Gasteiger partial charge in [0.1, 0.15) is 12.6 Å². The summed E-state index contributed by atoms with van der Waals surface area (Å²) in [6.07, 6.45) is 2.39. The van der Waals surface area contributed by atoms with Crippen LogP contribution in [0.5, 0.6) is 0 Å². The van der Waals surface area contributed by atoms with Crippen LogP contribution >= 0.6 is 0 Å². The van der Waals surface area contributed by atoms with Crippen molar-refractivity contribution in [3.05, 3.63) is 180 Å². The minimum Gasteiger partial charge on any atom is -0.459 e. The molecule has 45 heavy (non-hydrogen) atoms. The van der Waals surface area contributed by atoms with Gasteiger partial charge in [-0.15, -0.1) is 6.58 Å². The minimum absolute atomic E-state index is 0.125. The number of ether oxygens (including phenoxy) is 1. The third-order valence-corrected chi connectivity index (χ3v) is 8.38. The van der Waals surface area contributed by atoms with Crippen molar-refractivity contribution >= 4 is 11.9 Å². The second-order valence-corrected chi connectivity index (χ2v) is 11.3. The Hall–Kier alpha value is -5.26. The number of rotatable bonds is 12. The molecule has 5 heteroatoms. The van der Waals surface area contributed by atoms with E-state index >= 15 is 0 Å². The van der Waals surface area contributed by atoms with E-state index in [-0.39, 0.29) is 12.5 Å². The Morgan fingerprint density at radius 3 is 1.76 bits per heavy atom. The van der Waals surface area contributed by atoms with Crippen molar-refractivity contribution in [1.82, 2.24) is 10.6 Å². The molecule has 1 amide bonds. The zero-order valence-electron chi connectivity index (χ0n) is 25.1. The summed E-state index contributed by atoms with van der Waals surface area (Å²) in [5, 5.41) is 6.84. The first-order valence-corrected chi connectivity index (χ1v) is 15.3. The van der Waals surface area contributed by atoms with Crippen LogP contribution in [-0.2, 0) is 32.9 Å². The average molecular weight is 593 g/mol. The van der Waals surface area contributed by atoms with E-state index in [1.807, 2.05) is 103 Å². The Kier molecular flexibility index (Phi) is 8.99. The molecular formula is C40H36N2O3. The highest BCUT2D eigenvalue weighted by Gasteiger charge is 2.46. The van der Waals surface area contributed by atoms with Crippen molar-refractivity contribution in [2.75, 3.05) is 0 Å². The van der Waals surface area contributed by atoms with Crippen molar-refractivity contribution in [3.63, 3.8) is 0 Å². The standard InChI is InChI=1S/C40H36N2O3/c1-2-16-36(38(43)41-37(27-29-17-6-3-7-18-29)39(44)45-28-30-19-8-4-9-20-30)42-40(31-21-10-5-11-22-31)34-25-14-12-23-32(34)33-24-13-15-26-35(33)40/h2-15,17-26,36-37,42H,1,16,27-28H2,(H,41,43)/t36-,37?/m0/s1. The number of hydrogen-bond donors (Lipinski definition) is 2. The van der Waals surface area contributed by atoms with Gasteiger partial charge in [-0.1, -0.05) is 146 Å². The number of nitrogens with one attached hydrogen (secondary N) is 2. The molecule has 0 aliphatic heterocycles. The van der Waals surface area contributed by atoms with Gasteiger partial charge in [0.05, 0.1) is 11.6 Å². The van der Waals surface area contributed by atoms with Crippen molar-refractivity contribution in [1.29, 1.82) is 0 Å². The van der Waals surface area contributed by atoms with Gasteiger partial charge < -0.3 is 10.1 Å². The third-order valence-electron chi connectivity index (χ3n) is 8.38. The van der Waals surface area contributed by atoms with Crippen LogP contribution in [0.4, 0.5) is 0 Å². The SMILES string of the molecule is C=CC[C@H](NC1(c2ccccc2)c2ccccc2-c2ccccc21)C(=O)NC(Cc1ccccc1)C(=O)OCc1ccccc1. The number of benzene rings is 5. The van der Waals surface area contributed by atoms with Gasteiger partial charge in [-0.25, -0.2) is 4.79 Å². The lowest BCUT2D eigenvalue weighted by Gasteiger charge is -2.37. The van der Waals surface area contributed by atoms with Crippen LogP contribution in [0.2, 0.25) is 0 Å². The quantitative estimate of drug-likeness (QED) is 0.121. The predicted molar refractivity (Wildman–Crippen MR) is 178 cm³/mol.